The number of aliphatic hydroxyl groups is 1. The van der Waals surface area contributed by atoms with Crippen LogP contribution in [0.1, 0.15) is 49.5 Å². The van der Waals surface area contributed by atoms with Gasteiger partial charge in [-0.1, -0.05) is 30.3 Å². The zero-order valence-electron chi connectivity index (χ0n) is 18.6. The Hall–Kier alpha value is -3.00. The number of aromatic nitrogens is 2. The first-order valence-electron chi connectivity index (χ1n) is 11.0. The summed E-state index contributed by atoms with van der Waals surface area (Å²) in [5, 5.41) is 26.4. The number of rotatable bonds is 6. The van der Waals surface area contributed by atoms with Crippen molar-refractivity contribution >= 4 is 11.9 Å². The Morgan fingerprint density at radius 3 is 2.64 bits per heavy atom. The molecule has 9 nitrogen and oxygen atoms in total. The lowest BCUT2D eigenvalue weighted by Gasteiger charge is -2.51. The summed E-state index contributed by atoms with van der Waals surface area (Å²) < 4.78 is 21.5. The lowest BCUT2D eigenvalue weighted by molar-refractivity contribution is -0.0766. The molecular weight excluding hydrogens is 427 g/mol. The molecule has 1 unspecified atom stereocenters. The predicted molar refractivity (Wildman–Crippen MR) is 119 cm³/mol. The van der Waals surface area contributed by atoms with Gasteiger partial charge in [-0.05, 0) is 31.2 Å². The van der Waals surface area contributed by atoms with E-state index in [-0.39, 0.29) is 23.8 Å². The van der Waals surface area contributed by atoms with Gasteiger partial charge in [-0.2, -0.15) is 10.4 Å². The Balaban J connectivity index is 1.47. The Kier molecular flexibility index (Phi) is 6.38. The van der Waals surface area contributed by atoms with Crippen LogP contribution >= 0.6 is 0 Å². The quantitative estimate of drug-likeness (QED) is 0.570. The van der Waals surface area contributed by atoms with E-state index in [0.29, 0.717) is 31.5 Å². The molecule has 1 atom stereocenters. The fourth-order valence-corrected chi connectivity index (χ4v) is 5.01. The number of halogens is 1. The number of carbonyl (C=O) groups is 1. The van der Waals surface area contributed by atoms with Gasteiger partial charge in [-0.25, -0.2) is 9.18 Å². The van der Waals surface area contributed by atoms with Crippen LogP contribution in [0, 0.1) is 11.3 Å². The lowest BCUT2D eigenvalue weighted by atomic mass is 9.75. The minimum atomic E-state index is -1.35. The second-order valence-corrected chi connectivity index (χ2v) is 8.97. The van der Waals surface area contributed by atoms with Crippen molar-refractivity contribution in [3.05, 3.63) is 47.7 Å². The maximum Gasteiger partial charge on any atom is 0.412 e. The maximum absolute atomic E-state index is 15.3. The summed E-state index contributed by atoms with van der Waals surface area (Å²) >= 11 is 0. The molecule has 1 saturated carbocycles. The predicted octanol–water partition coefficient (Wildman–Crippen LogP) is 2.74. The molecular formula is C23H29FN6O3. The molecule has 2 fully saturated rings. The normalized spacial score (nSPS) is 25.5. The highest BCUT2D eigenvalue weighted by molar-refractivity contribution is 5.84. The molecule has 33 heavy (non-hydrogen) atoms. The summed E-state index contributed by atoms with van der Waals surface area (Å²) in [4.78, 5) is 13.8. The van der Waals surface area contributed by atoms with Crippen molar-refractivity contribution in [1.29, 1.82) is 5.26 Å². The summed E-state index contributed by atoms with van der Waals surface area (Å²) in [5.74, 6) is 0.101. The summed E-state index contributed by atoms with van der Waals surface area (Å²) in [6, 6.07) is 11.7. The first kappa shape index (κ1) is 23.2. The van der Waals surface area contributed by atoms with Crippen LogP contribution < -0.4 is 11.1 Å². The second-order valence-electron chi connectivity index (χ2n) is 8.97. The Morgan fingerprint density at radius 2 is 2.06 bits per heavy atom. The smallest absolute Gasteiger partial charge is 0.412 e. The van der Waals surface area contributed by atoms with Crippen molar-refractivity contribution in [1.82, 2.24) is 14.7 Å². The van der Waals surface area contributed by atoms with Crippen LogP contribution in [0.4, 0.5) is 15.0 Å². The molecule has 0 bridgehead atoms. The highest BCUT2D eigenvalue weighted by Gasteiger charge is 2.49. The monoisotopic (exact) mass is 456 g/mol. The fraction of sp³-hybridized carbons (Fsp3) is 0.522. The molecule has 1 aliphatic carbocycles. The molecule has 1 amide bonds. The summed E-state index contributed by atoms with van der Waals surface area (Å²) in [7, 11) is 1.23. The van der Waals surface area contributed by atoms with Crippen molar-refractivity contribution in [3.8, 4) is 6.07 Å². The molecule has 1 aromatic carbocycles. The van der Waals surface area contributed by atoms with Gasteiger partial charge in [0.15, 0.2) is 11.5 Å². The number of hydrogen-bond donors (Lipinski definition) is 3. The first-order chi connectivity index (χ1) is 15.8. The molecule has 10 heteroatoms. The molecule has 1 aromatic heterocycles. The van der Waals surface area contributed by atoms with E-state index in [1.165, 1.54) is 7.11 Å². The third kappa shape index (κ3) is 4.44. The van der Waals surface area contributed by atoms with Gasteiger partial charge >= 0.3 is 6.09 Å². The van der Waals surface area contributed by atoms with Crippen LogP contribution in [0.25, 0.3) is 0 Å². The number of methoxy groups -OCH3 is 1. The molecule has 4 rings (SSSR count). The van der Waals surface area contributed by atoms with Crippen molar-refractivity contribution in [2.24, 2.45) is 5.73 Å². The van der Waals surface area contributed by atoms with E-state index >= 15 is 4.39 Å². The lowest BCUT2D eigenvalue weighted by Crippen LogP contribution is -2.61. The molecule has 0 radical (unpaired) electrons. The molecule has 1 saturated heterocycles. The SMILES string of the molecule is COC(=O)Nc1nn(C2(CC#N)CCC(N3CC(F)(c4ccccc4)C3)CC2)cc1C(N)O. The van der Waals surface area contributed by atoms with Gasteiger partial charge in [0.25, 0.3) is 0 Å². The Morgan fingerprint density at radius 1 is 1.39 bits per heavy atom. The summed E-state index contributed by atoms with van der Waals surface area (Å²) in [6.07, 6.45) is 2.61. The number of carbonyl (C=O) groups excluding carboxylic acids is 1. The van der Waals surface area contributed by atoms with E-state index in [9.17, 15) is 15.2 Å². The average molecular weight is 457 g/mol. The van der Waals surface area contributed by atoms with Crippen LogP contribution in [0.3, 0.4) is 0 Å². The number of ether oxygens (including phenoxy) is 1. The Labute approximate surface area is 191 Å². The van der Waals surface area contributed by atoms with Gasteiger partial charge in [-0.15, -0.1) is 0 Å². The molecule has 176 valence electrons. The van der Waals surface area contributed by atoms with Crippen molar-refractivity contribution in [2.45, 2.75) is 55.6 Å². The number of aliphatic hydroxyl groups excluding tert-OH is 1. The number of amides is 1. The van der Waals surface area contributed by atoms with E-state index < -0.39 is 23.5 Å². The Bertz CT molecular complexity index is 1020. The molecule has 2 heterocycles. The molecule has 1 aliphatic heterocycles. The third-order valence-electron chi connectivity index (χ3n) is 6.96. The zero-order chi connectivity index (χ0) is 23.6. The zero-order valence-corrected chi connectivity index (χ0v) is 18.6. The van der Waals surface area contributed by atoms with Gasteiger partial charge < -0.3 is 15.6 Å². The van der Waals surface area contributed by atoms with Crippen LogP contribution in [0.15, 0.2) is 36.5 Å². The number of nitrogens with two attached hydrogens (primary N) is 1. The molecule has 2 aliphatic rings. The second kappa shape index (κ2) is 9.09. The first-order valence-corrected chi connectivity index (χ1v) is 11.0. The van der Waals surface area contributed by atoms with Gasteiger partial charge in [0, 0.05) is 25.3 Å². The van der Waals surface area contributed by atoms with E-state index in [1.54, 1.807) is 10.9 Å². The minimum Gasteiger partial charge on any atom is -0.453 e. The van der Waals surface area contributed by atoms with Crippen molar-refractivity contribution < 1.29 is 19.0 Å². The van der Waals surface area contributed by atoms with Crippen molar-refractivity contribution in [3.63, 3.8) is 0 Å². The number of benzene rings is 1. The van der Waals surface area contributed by atoms with E-state index in [4.69, 9.17) is 5.73 Å². The number of nitriles is 1. The summed E-state index contributed by atoms with van der Waals surface area (Å²) in [5.41, 5.74) is 4.70. The summed E-state index contributed by atoms with van der Waals surface area (Å²) in [6.45, 7) is 0.733. The third-order valence-corrected chi connectivity index (χ3v) is 6.96. The van der Waals surface area contributed by atoms with E-state index in [1.807, 2.05) is 30.3 Å². The van der Waals surface area contributed by atoms with Crippen LogP contribution in [0.5, 0.6) is 0 Å². The van der Waals surface area contributed by atoms with Crippen LogP contribution in [0.2, 0.25) is 0 Å². The van der Waals surface area contributed by atoms with Crippen molar-refractivity contribution in [2.75, 3.05) is 25.5 Å². The standard InChI is InChI=1S/C23H29FN6O3/c1-33-21(32)27-20-18(19(26)31)13-30(28-20)22(11-12-25)9-7-17(8-10-22)29-14-23(24,15-29)16-5-3-2-4-6-16/h2-6,13,17,19,31H,7-11,14-15,26H2,1H3,(H,27,28,32). The maximum atomic E-state index is 15.3. The van der Waals surface area contributed by atoms with Crippen LogP contribution in [-0.4, -0.2) is 52.1 Å². The molecule has 4 N–H and O–H groups in total. The van der Waals surface area contributed by atoms with E-state index in [0.717, 1.165) is 12.8 Å². The van der Waals surface area contributed by atoms with Gasteiger partial charge in [-0.3, -0.25) is 14.9 Å². The number of likely N-dealkylation sites (tertiary alicyclic amines) is 1. The number of hydrogen-bond acceptors (Lipinski definition) is 7. The highest BCUT2D eigenvalue weighted by Crippen LogP contribution is 2.44. The number of anilines is 1. The largest absolute Gasteiger partial charge is 0.453 e. The number of alkyl halides is 1. The van der Waals surface area contributed by atoms with E-state index in [2.05, 4.69) is 26.1 Å². The average Bonchev–Trinajstić information content (AvgIpc) is 3.23. The number of nitrogens with zero attached hydrogens (tertiary/aromatic N) is 4. The highest BCUT2D eigenvalue weighted by atomic mass is 19.1. The fourth-order valence-electron chi connectivity index (χ4n) is 5.01. The van der Waals surface area contributed by atoms with Gasteiger partial charge in [0.1, 0.15) is 6.23 Å². The van der Waals surface area contributed by atoms with Crippen LogP contribution in [-0.2, 0) is 15.9 Å². The van der Waals surface area contributed by atoms with Gasteiger partial charge in [0.05, 0.1) is 30.7 Å². The minimum absolute atomic E-state index is 0.101. The topological polar surface area (TPSA) is 129 Å². The molecule has 2 aromatic rings. The number of nitrogens with one attached hydrogen (secondary N) is 1. The molecule has 0 spiro atoms. The van der Waals surface area contributed by atoms with Gasteiger partial charge in [0.2, 0.25) is 0 Å².